The SMILES string of the molecule is CCN(c1cc(F)cc(C(=O)NCc2c(C(F)(F)F)cc(C)n(C)c2=O)c1C)C1C[C@@H](C)N(C(=O)O)[C@H](C)C1. The van der Waals surface area contributed by atoms with Gasteiger partial charge >= 0.3 is 12.3 Å². The van der Waals surface area contributed by atoms with E-state index in [0.717, 1.165) is 16.7 Å². The molecule has 39 heavy (non-hydrogen) atoms. The van der Waals surface area contributed by atoms with Crippen LogP contribution in [0.15, 0.2) is 23.0 Å². The van der Waals surface area contributed by atoms with Crippen molar-refractivity contribution >= 4 is 17.7 Å². The molecule has 0 radical (unpaired) electrons. The molecule has 0 unspecified atom stereocenters. The zero-order valence-electron chi connectivity index (χ0n) is 22.8. The molecule has 8 nitrogen and oxygen atoms in total. The van der Waals surface area contributed by atoms with Crippen LogP contribution in [-0.2, 0) is 19.8 Å². The van der Waals surface area contributed by atoms with Crippen molar-refractivity contribution in [2.75, 3.05) is 11.4 Å². The first-order chi connectivity index (χ1) is 18.1. The number of amides is 2. The summed E-state index contributed by atoms with van der Waals surface area (Å²) >= 11 is 0. The van der Waals surface area contributed by atoms with Gasteiger partial charge in [0, 0.05) is 60.8 Å². The van der Waals surface area contributed by atoms with Gasteiger partial charge in [0.1, 0.15) is 5.82 Å². The lowest BCUT2D eigenvalue weighted by atomic mass is 9.91. The highest BCUT2D eigenvalue weighted by Gasteiger charge is 2.37. The monoisotopic (exact) mass is 554 g/mol. The third-order valence-electron chi connectivity index (χ3n) is 7.58. The topological polar surface area (TPSA) is 94.9 Å². The van der Waals surface area contributed by atoms with Crippen molar-refractivity contribution in [2.45, 2.75) is 78.3 Å². The van der Waals surface area contributed by atoms with Crippen molar-refractivity contribution < 1.29 is 32.3 Å². The Bertz CT molecular complexity index is 1310. The Morgan fingerprint density at radius 1 is 1.13 bits per heavy atom. The molecule has 0 saturated carbocycles. The standard InChI is InChI=1S/C27H34F4N4O4/c1-7-34(19-8-15(3)35(26(38)39)16(4)9-19)23-12-18(28)11-20(17(23)5)24(36)32-13-21-22(27(29,30)31)10-14(2)33(6)25(21)37/h10-12,15-16,19H,7-9,13H2,1-6H3,(H,32,36)(H,38,39)/t15-,16-/m1/s1. The Morgan fingerprint density at radius 2 is 1.72 bits per heavy atom. The molecular weight excluding hydrogens is 520 g/mol. The van der Waals surface area contributed by atoms with E-state index in [4.69, 9.17) is 0 Å². The lowest BCUT2D eigenvalue weighted by Crippen LogP contribution is -2.55. The normalized spacial score (nSPS) is 19.6. The highest BCUT2D eigenvalue weighted by Crippen LogP contribution is 2.34. The summed E-state index contributed by atoms with van der Waals surface area (Å²) in [6.07, 6.45) is -4.81. The summed E-state index contributed by atoms with van der Waals surface area (Å²) in [6.45, 7) is 8.26. The summed E-state index contributed by atoms with van der Waals surface area (Å²) in [7, 11) is 1.34. The van der Waals surface area contributed by atoms with Crippen molar-refractivity contribution in [3.05, 3.63) is 62.3 Å². The van der Waals surface area contributed by atoms with Crippen LogP contribution in [0, 0.1) is 19.7 Å². The van der Waals surface area contributed by atoms with E-state index in [-0.39, 0.29) is 29.4 Å². The minimum absolute atomic E-state index is 0.0648. The van der Waals surface area contributed by atoms with Crippen LogP contribution in [0.5, 0.6) is 0 Å². The number of aromatic nitrogens is 1. The first kappa shape index (κ1) is 30.0. The number of hydrogen-bond donors (Lipinski definition) is 2. The van der Waals surface area contributed by atoms with Gasteiger partial charge in [-0.15, -0.1) is 0 Å². The van der Waals surface area contributed by atoms with Crippen LogP contribution in [0.4, 0.5) is 28.0 Å². The number of carbonyl (C=O) groups is 2. The van der Waals surface area contributed by atoms with Crippen LogP contribution >= 0.6 is 0 Å². The van der Waals surface area contributed by atoms with E-state index in [1.165, 1.54) is 24.9 Å². The van der Waals surface area contributed by atoms with Crippen molar-refractivity contribution in [3.8, 4) is 0 Å². The number of rotatable bonds is 6. The highest BCUT2D eigenvalue weighted by molar-refractivity contribution is 5.97. The molecule has 1 fully saturated rings. The Labute approximate surface area is 224 Å². The van der Waals surface area contributed by atoms with Gasteiger partial charge < -0.3 is 24.8 Å². The summed E-state index contributed by atoms with van der Waals surface area (Å²) < 4.78 is 56.8. The van der Waals surface area contributed by atoms with Crippen LogP contribution in [0.1, 0.15) is 66.4 Å². The van der Waals surface area contributed by atoms with Crippen LogP contribution in [-0.4, -0.2) is 51.2 Å². The van der Waals surface area contributed by atoms with E-state index >= 15 is 0 Å². The van der Waals surface area contributed by atoms with E-state index < -0.39 is 47.2 Å². The molecule has 0 aliphatic carbocycles. The van der Waals surface area contributed by atoms with Crippen molar-refractivity contribution in [1.82, 2.24) is 14.8 Å². The largest absolute Gasteiger partial charge is 0.465 e. The molecule has 1 aromatic heterocycles. The number of nitrogens with one attached hydrogen (secondary N) is 1. The Kier molecular flexibility index (Phi) is 8.66. The number of benzene rings is 1. The molecule has 1 aliphatic heterocycles. The Morgan fingerprint density at radius 3 is 2.23 bits per heavy atom. The second-order valence-electron chi connectivity index (χ2n) is 10.1. The summed E-state index contributed by atoms with van der Waals surface area (Å²) in [5.74, 6) is -1.52. The lowest BCUT2D eigenvalue weighted by Gasteiger charge is -2.45. The van der Waals surface area contributed by atoms with Crippen molar-refractivity contribution in [1.29, 1.82) is 0 Å². The maximum absolute atomic E-state index is 14.8. The predicted molar refractivity (Wildman–Crippen MR) is 139 cm³/mol. The fraction of sp³-hybridized carbons (Fsp3) is 0.519. The van der Waals surface area contributed by atoms with Crippen LogP contribution < -0.4 is 15.8 Å². The number of likely N-dealkylation sites (tertiary alicyclic amines) is 1. The average molecular weight is 555 g/mol. The minimum Gasteiger partial charge on any atom is -0.465 e. The number of carbonyl (C=O) groups excluding carboxylic acids is 1. The molecule has 12 heteroatoms. The van der Waals surface area contributed by atoms with Gasteiger partial charge in [-0.1, -0.05) is 0 Å². The predicted octanol–water partition coefficient (Wildman–Crippen LogP) is 4.84. The smallest absolute Gasteiger partial charge is 0.417 e. The second-order valence-corrected chi connectivity index (χ2v) is 10.1. The highest BCUT2D eigenvalue weighted by atomic mass is 19.4. The fourth-order valence-corrected chi connectivity index (χ4v) is 5.56. The first-order valence-corrected chi connectivity index (χ1v) is 12.7. The molecule has 214 valence electrons. The molecule has 1 aromatic carbocycles. The molecule has 0 spiro atoms. The maximum atomic E-state index is 14.8. The van der Waals surface area contributed by atoms with Crippen LogP contribution in [0.2, 0.25) is 0 Å². The van der Waals surface area contributed by atoms with Gasteiger partial charge in [-0.25, -0.2) is 9.18 Å². The third kappa shape index (κ3) is 6.04. The van der Waals surface area contributed by atoms with E-state index in [0.29, 0.717) is 30.6 Å². The van der Waals surface area contributed by atoms with Crippen LogP contribution in [0.3, 0.4) is 0 Å². The average Bonchev–Trinajstić information content (AvgIpc) is 2.82. The Hall–Kier alpha value is -3.57. The van der Waals surface area contributed by atoms with Gasteiger partial charge in [-0.2, -0.15) is 13.2 Å². The number of piperidine rings is 1. The third-order valence-corrected chi connectivity index (χ3v) is 7.58. The summed E-state index contributed by atoms with van der Waals surface area (Å²) in [5, 5.41) is 11.9. The molecule has 2 heterocycles. The van der Waals surface area contributed by atoms with E-state index in [9.17, 15) is 37.1 Å². The molecule has 0 bridgehead atoms. The molecule has 2 aromatic rings. The zero-order valence-corrected chi connectivity index (χ0v) is 22.8. The van der Waals surface area contributed by atoms with Gasteiger partial charge in [0.25, 0.3) is 11.5 Å². The van der Waals surface area contributed by atoms with Crippen molar-refractivity contribution in [3.63, 3.8) is 0 Å². The number of halogens is 4. The van der Waals surface area contributed by atoms with Crippen molar-refractivity contribution in [2.24, 2.45) is 7.05 Å². The number of hydrogen-bond acceptors (Lipinski definition) is 4. The zero-order chi connectivity index (χ0) is 29.4. The number of nitrogens with zero attached hydrogens (tertiary/aromatic N) is 3. The van der Waals surface area contributed by atoms with E-state index in [1.807, 2.05) is 25.7 Å². The maximum Gasteiger partial charge on any atom is 0.417 e. The van der Waals surface area contributed by atoms with Gasteiger partial charge in [0.2, 0.25) is 0 Å². The lowest BCUT2D eigenvalue weighted by molar-refractivity contribution is -0.138. The second kappa shape index (κ2) is 11.3. The quantitative estimate of drug-likeness (QED) is 0.499. The fourth-order valence-electron chi connectivity index (χ4n) is 5.56. The number of anilines is 1. The van der Waals surface area contributed by atoms with Gasteiger partial charge in [-0.05, 0) is 71.2 Å². The van der Waals surface area contributed by atoms with Gasteiger partial charge in [0.15, 0.2) is 0 Å². The summed E-state index contributed by atoms with van der Waals surface area (Å²) in [5.41, 5.74) is -1.71. The number of aryl methyl sites for hydroxylation is 1. The number of pyridine rings is 1. The van der Waals surface area contributed by atoms with Gasteiger partial charge in [0.05, 0.1) is 5.56 Å². The minimum atomic E-state index is -4.80. The molecular formula is C27H34F4N4O4. The number of alkyl halides is 3. The van der Waals surface area contributed by atoms with Gasteiger partial charge in [-0.3, -0.25) is 9.59 Å². The molecule has 1 saturated heterocycles. The molecule has 2 amide bonds. The van der Waals surface area contributed by atoms with E-state index in [1.54, 1.807) is 6.92 Å². The molecule has 2 N–H and O–H groups in total. The summed E-state index contributed by atoms with van der Waals surface area (Å²) in [4.78, 5) is 40.7. The molecule has 2 atom stereocenters. The first-order valence-electron chi connectivity index (χ1n) is 12.7. The van der Waals surface area contributed by atoms with E-state index in [2.05, 4.69) is 5.32 Å². The molecule has 1 aliphatic rings. The Balaban J connectivity index is 1.93. The van der Waals surface area contributed by atoms with Crippen LogP contribution in [0.25, 0.3) is 0 Å². The summed E-state index contributed by atoms with van der Waals surface area (Å²) in [6, 6.07) is 2.48. The molecule has 3 rings (SSSR count). The number of carboxylic acid groups (broad SMARTS) is 1.